The Hall–Kier alpha value is -0.930. The molecule has 1 unspecified atom stereocenters. The van der Waals surface area contributed by atoms with E-state index < -0.39 is 0 Å². The lowest BCUT2D eigenvalue weighted by atomic mass is 10.0. The zero-order valence-corrected chi connectivity index (χ0v) is 13.8. The van der Waals surface area contributed by atoms with E-state index in [2.05, 4.69) is 6.92 Å². The second kappa shape index (κ2) is 7.90. The number of hydrogen-bond donors (Lipinski definition) is 0. The van der Waals surface area contributed by atoms with Crippen LogP contribution in [0.3, 0.4) is 0 Å². The molecule has 0 aliphatic carbocycles. The molecule has 1 atom stereocenters. The van der Waals surface area contributed by atoms with Crippen molar-refractivity contribution in [2.45, 2.75) is 45.1 Å². The molecule has 0 saturated carbocycles. The highest BCUT2D eigenvalue weighted by Crippen LogP contribution is 2.27. The van der Waals surface area contributed by atoms with Crippen LogP contribution in [0.1, 0.15) is 39.0 Å². The van der Waals surface area contributed by atoms with Crippen molar-refractivity contribution in [1.29, 1.82) is 0 Å². The number of nitrogens with zero attached hydrogens (tertiary/aromatic N) is 1. The number of rotatable bonds is 5. The molecule has 21 heavy (non-hydrogen) atoms. The van der Waals surface area contributed by atoms with Crippen molar-refractivity contribution in [3.63, 3.8) is 0 Å². The molecule has 116 valence electrons. The van der Waals surface area contributed by atoms with Crippen molar-refractivity contribution in [3.05, 3.63) is 28.2 Å². The molecule has 0 radical (unpaired) electrons. The summed E-state index contributed by atoms with van der Waals surface area (Å²) in [5, 5.41) is 1.08. The summed E-state index contributed by atoms with van der Waals surface area (Å²) in [5.41, 5.74) is 0. The number of benzene rings is 1. The van der Waals surface area contributed by atoms with Gasteiger partial charge < -0.3 is 9.64 Å². The Morgan fingerprint density at radius 2 is 2.19 bits per heavy atom. The molecule has 0 aromatic heterocycles. The number of halogens is 2. The standard InChI is InChI=1S/C16H21Cl2NO2/c1-12-5-2-3-9-19(12)16(20)6-4-10-21-15-8-7-13(17)11-14(15)18/h7-8,11-12H,2-6,9-10H2,1H3. The van der Waals surface area contributed by atoms with Gasteiger partial charge in [-0.1, -0.05) is 23.2 Å². The van der Waals surface area contributed by atoms with Gasteiger partial charge in [0, 0.05) is 24.0 Å². The highest BCUT2D eigenvalue weighted by Gasteiger charge is 2.22. The number of hydrogen-bond acceptors (Lipinski definition) is 2. The molecule has 0 spiro atoms. The summed E-state index contributed by atoms with van der Waals surface area (Å²) in [6, 6.07) is 5.51. The number of piperidine rings is 1. The molecule has 0 bridgehead atoms. The van der Waals surface area contributed by atoms with Gasteiger partial charge in [-0.15, -0.1) is 0 Å². The van der Waals surface area contributed by atoms with E-state index >= 15 is 0 Å². The van der Waals surface area contributed by atoms with Crippen LogP contribution in [0.2, 0.25) is 10.0 Å². The van der Waals surface area contributed by atoms with Gasteiger partial charge in [0.1, 0.15) is 5.75 Å². The highest BCUT2D eigenvalue weighted by molar-refractivity contribution is 6.35. The maximum absolute atomic E-state index is 12.2. The van der Waals surface area contributed by atoms with Crippen LogP contribution in [0.5, 0.6) is 5.75 Å². The molecule has 1 aromatic carbocycles. The third-order valence-electron chi connectivity index (χ3n) is 3.81. The number of carbonyl (C=O) groups is 1. The Morgan fingerprint density at radius 3 is 2.90 bits per heavy atom. The minimum absolute atomic E-state index is 0.230. The second-order valence-electron chi connectivity index (χ2n) is 5.46. The van der Waals surface area contributed by atoms with Crippen LogP contribution in [0.25, 0.3) is 0 Å². The molecule has 1 aliphatic rings. The first-order valence-electron chi connectivity index (χ1n) is 7.45. The highest BCUT2D eigenvalue weighted by atomic mass is 35.5. The van der Waals surface area contributed by atoms with Crippen molar-refractivity contribution in [3.8, 4) is 5.75 Å². The molecule has 3 nitrogen and oxygen atoms in total. The quantitative estimate of drug-likeness (QED) is 0.741. The van der Waals surface area contributed by atoms with Gasteiger partial charge in [-0.2, -0.15) is 0 Å². The van der Waals surface area contributed by atoms with Crippen molar-refractivity contribution in [2.75, 3.05) is 13.2 Å². The van der Waals surface area contributed by atoms with Gasteiger partial charge >= 0.3 is 0 Å². The lowest BCUT2D eigenvalue weighted by molar-refractivity contribution is -0.134. The van der Waals surface area contributed by atoms with Crippen molar-refractivity contribution in [2.24, 2.45) is 0 Å². The molecule has 0 N–H and O–H groups in total. The molecule has 1 heterocycles. The van der Waals surface area contributed by atoms with Crippen molar-refractivity contribution < 1.29 is 9.53 Å². The summed E-state index contributed by atoms with van der Waals surface area (Å²) in [6.07, 6.45) is 4.68. The summed E-state index contributed by atoms with van der Waals surface area (Å²) in [5.74, 6) is 0.841. The predicted molar refractivity (Wildman–Crippen MR) is 86.2 cm³/mol. The fourth-order valence-electron chi connectivity index (χ4n) is 2.61. The van der Waals surface area contributed by atoms with Crippen LogP contribution in [-0.4, -0.2) is 30.0 Å². The largest absolute Gasteiger partial charge is 0.492 e. The first-order chi connectivity index (χ1) is 10.1. The fraction of sp³-hybridized carbons (Fsp3) is 0.562. The molecule has 1 fully saturated rings. The fourth-order valence-corrected chi connectivity index (χ4v) is 3.07. The number of amides is 1. The van der Waals surface area contributed by atoms with Crippen LogP contribution < -0.4 is 4.74 Å². The monoisotopic (exact) mass is 329 g/mol. The normalized spacial score (nSPS) is 18.6. The van der Waals surface area contributed by atoms with E-state index in [1.54, 1.807) is 18.2 Å². The molecule has 2 rings (SSSR count). The van der Waals surface area contributed by atoms with Crippen LogP contribution in [0.15, 0.2) is 18.2 Å². The molecule has 1 aromatic rings. The average Bonchev–Trinajstić information content (AvgIpc) is 2.45. The summed E-state index contributed by atoms with van der Waals surface area (Å²) < 4.78 is 5.60. The summed E-state index contributed by atoms with van der Waals surface area (Å²) in [7, 11) is 0. The Bertz CT molecular complexity index is 493. The zero-order chi connectivity index (χ0) is 15.2. The number of ether oxygens (including phenoxy) is 1. The Morgan fingerprint density at radius 1 is 1.38 bits per heavy atom. The smallest absolute Gasteiger partial charge is 0.222 e. The van der Waals surface area contributed by atoms with Crippen LogP contribution in [-0.2, 0) is 4.79 Å². The summed E-state index contributed by atoms with van der Waals surface area (Å²) >= 11 is 11.9. The van der Waals surface area contributed by atoms with E-state index in [1.165, 1.54) is 6.42 Å². The lowest BCUT2D eigenvalue weighted by Gasteiger charge is -2.33. The third-order valence-corrected chi connectivity index (χ3v) is 4.34. The van der Waals surface area contributed by atoms with Crippen molar-refractivity contribution in [1.82, 2.24) is 4.90 Å². The van der Waals surface area contributed by atoms with Gasteiger partial charge in [0.15, 0.2) is 0 Å². The van der Waals surface area contributed by atoms with E-state index in [0.717, 1.165) is 19.4 Å². The molecule has 1 amide bonds. The minimum atomic E-state index is 0.230. The molecule has 1 aliphatic heterocycles. The Balaban J connectivity index is 1.73. The third kappa shape index (κ3) is 4.79. The van der Waals surface area contributed by atoms with Crippen LogP contribution in [0, 0.1) is 0 Å². The minimum Gasteiger partial charge on any atom is -0.492 e. The van der Waals surface area contributed by atoms with E-state index in [1.807, 2.05) is 4.90 Å². The molecule has 1 saturated heterocycles. The van der Waals surface area contributed by atoms with E-state index in [4.69, 9.17) is 27.9 Å². The van der Waals surface area contributed by atoms with Gasteiger partial charge in [-0.25, -0.2) is 0 Å². The van der Waals surface area contributed by atoms with Crippen molar-refractivity contribution >= 4 is 29.1 Å². The first-order valence-corrected chi connectivity index (χ1v) is 8.21. The Labute approximate surface area is 136 Å². The first kappa shape index (κ1) is 16.4. The van der Waals surface area contributed by atoms with E-state index in [9.17, 15) is 4.79 Å². The maximum Gasteiger partial charge on any atom is 0.222 e. The number of likely N-dealkylation sites (tertiary alicyclic amines) is 1. The SMILES string of the molecule is CC1CCCCN1C(=O)CCCOc1ccc(Cl)cc1Cl. The van der Waals surface area contributed by atoms with Gasteiger partial charge in [-0.05, 0) is 50.8 Å². The maximum atomic E-state index is 12.2. The zero-order valence-electron chi connectivity index (χ0n) is 12.3. The average molecular weight is 330 g/mol. The van der Waals surface area contributed by atoms with Gasteiger partial charge in [0.05, 0.1) is 11.6 Å². The van der Waals surface area contributed by atoms with Crippen LogP contribution >= 0.6 is 23.2 Å². The second-order valence-corrected chi connectivity index (χ2v) is 6.30. The predicted octanol–water partition coefficient (Wildman–Crippen LogP) is 4.55. The summed E-state index contributed by atoms with van der Waals surface area (Å²) in [4.78, 5) is 14.2. The Kier molecular flexibility index (Phi) is 6.19. The van der Waals surface area contributed by atoms with E-state index in [0.29, 0.717) is 41.3 Å². The molecular weight excluding hydrogens is 309 g/mol. The lowest BCUT2D eigenvalue weighted by Crippen LogP contribution is -2.42. The molecular formula is C16H21Cl2NO2. The number of carbonyl (C=O) groups excluding carboxylic acids is 1. The molecule has 5 heteroatoms. The van der Waals surface area contributed by atoms with Crippen LogP contribution in [0.4, 0.5) is 0 Å². The topological polar surface area (TPSA) is 29.5 Å². The van der Waals surface area contributed by atoms with Gasteiger partial charge in [0.25, 0.3) is 0 Å². The van der Waals surface area contributed by atoms with E-state index in [-0.39, 0.29) is 5.91 Å². The van der Waals surface area contributed by atoms with Gasteiger partial charge in [0.2, 0.25) is 5.91 Å². The summed E-state index contributed by atoms with van der Waals surface area (Å²) in [6.45, 7) is 3.50. The van der Waals surface area contributed by atoms with Gasteiger partial charge in [-0.3, -0.25) is 4.79 Å².